The number of carbonyl (C=O) groups is 2. The zero-order chi connectivity index (χ0) is 11.6. The molecule has 5 nitrogen and oxygen atoms in total. The fourth-order valence-electron chi connectivity index (χ4n) is 1.17. The van der Waals surface area contributed by atoms with Crippen molar-refractivity contribution >= 4 is 11.9 Å². The second-order valence-corrected chi connectivity index (χ2v) is 3.06. The summed E-state index contributed by atoms with van der Waals surface area (Å²) >= 11 is 0. The number of amides is 1. The average molecular weight is 227 g/mol. The summed E-state index contributed by atoms with van der Waals surface area (Å²) in [5.74, 6) is -3.33. The standard InChI is InChI=1S/C7H8F3NO4/c8-7(9,10)6(14)11-3-1-4(5(12)13)15-2-3/h3-4H,1-2H2,(H,11,14)(H,12,13)/t3-,4-/m1/s1. The van der Waals surface area contributed by atoms with Crippen LogP contribution in [0.5, 0.6) is 0 Å². The third-order valence-electron chi connectivity index (χ3n) is 1.87. The van der Waals surface area contributed by atoms with Crippen molar-refractivity contribution in [3.8, 4) is 0 Å². The summed E-state index contributed by atoms with van der Waals surface area (Å²) in [6.07, 6.45) is -6.26. The van der Waals surface area contributed by atoms with Crippen molar-refractivity contribution in [3.63, 3.8) is 0 Å². The van der Waals surface area contributed by atoms with Gasteiger partial charge in [0.05, 0.1) is 12.6 Å². The molecule has 0 aliphatic carbocycles. The Morgan fingerprint density at radius 2 is 2.00 bits per heavy atom. The van der Waals surface area contributed by atoms with Gasteiger partial charge in [0.1, 0.15) is 0 Å². The molecule has 1 rings (SSSR count). The van der Waals surface area contributed by atoms with Gasteiger partial charge in [0.2, 0.25) is 0 Å². The molecule has 2 atom stereocenters. The largest absolute Gasteiger partial charge is 0.479 e. The molecule has 1 heterocycles. The van der Waals surface area contributed by atoms with Gasteiger partial charge in [0, 0.05) is 6.42 Å². The summed E-state index contributed by atoms with van der Waals surface area (Å²) in [5, 5.41) is 10.1. The molecule has 1 aliphatic heterocycles. The van der Waals surface area contributed by atoms with Crippen LogP contribution in [-0.4, -0.2) is 41.9 Å². The summed E-state index contributed by atoms with van der Waals surface area (Å²) in [6, 6.07) is -0.903. The Kier molecular flexibility index (Phi) is 3.18. The van der Waals surface area contributed by atoms with Crippen LogP contribution in [0.15, 0.2) is 0 Å². The number of halogens is 3. The summed E-state index contributed by atoms with van der Waals surface area (Å²) in [5.41, 5.74) is 0. The number of hydrogen-bond acceptors (Lipinski definition) is 3. The molecule has 8 heteroatoms. The topological polar surface area (TPSA) is 75.6 Å². The molecule has 0 radical (unpaired) electrons. The number of rotatable bonds is 2. The first-order valence-electron chi connectivity index (χ1n) is 4.03. The Hall–Kier alpha value is -1.31. The molecule has 0 aromatic heterocycles. The smallest absolute Gasteiger partial charge is 0.471 e. The first-order valence-corrected chi connectivity index (χ1v) is 4.03. The van der Waals surface area contributed by atoms with E-state index in [-0.39, 0.29) is 13.0 Å². The Morgan fingerprint density at radius 1 is 1.40 bits per heavy atom. The van der Waals surface area contributed by atoms with Crippen LogP contribution in [0.2, 0.25) is 0 Å². The molecule has 1 saturated heterocycles. The molecule has 1 aliphatic rings. The van der Waals surface area contributed by atoms with Crippen molar-refractivity contribution in [2.45, 2.75) is 24.7 Å². The third kappa shape index (κ3) is 3.08. The average Bonchev–Trinajstić information content (AvgIpc) is 2.50. The molecule has 86 valence electrons. The van der Waals surface area contributed by atoms with E-state index in [2.05, 4.69) is 4.74 Å². The van der Waals surface area contributed by atoms with Crippen LogP contribution in [0.1, 0.15) is 6.42 Å². The molecule has 0 aromatic rings. The number of hydrogen-bond donors (Lipinski definition) is 2. The molecule has 0 spiro atoms. The van der Waals surface area contributed by atoms with Gasteiger partial charge < -0.3 is 15.2 Å². The Bertz CT molecular complexity index is 278. The van der Waals surface area contributed by atoms with Gasteiger partial charge in [0.25, 0.3) is 0 Å². The Balaban J connectivity index is 2.43. The van der Waals surface area contributed by atoms with E-state index in [9.17, 15) is 22.8 Å². The fourth-order valence-corrected chi connectivity index (χ4v) is 1.17. The first kappa shape index (κ1) is 11.8. The van der Waals surface area contributed by atoms with Gasteiger partial charge >= 0.3 is 18.1 Å². The van der Waals surface area contributed by atoms with E-state index < -0.39 is 30.2 Å². The monoisotopic (exact) mass is 227 g/mol. The van der Waals surface area contributed by atoms with Crippen LogP contribution in [0.25, 0.3) is 0 Å². The van der Waals surface area contributed by atoms with Crippen molar-refractivity contribution in [1.29, 1.82) is 0 Å². The van der Waals surface area contributed by atoms with Gasteiger partial charge in [-0.3, -0.25) is 4.79 Å². The highest BCUT2D eigenvalue weighted by Crippen LogP contribution is 2.18. The first-order chi connectivity index (χ1) is 6.80. The highest BCUT2D eigenvalue weighted by molar-refractivity contribution is 5.82. The second kappa shape index (κ2) is 4.05. The predicted octanol–water partition coefficient (Wildman–Crippen LogP) is -0.0930. The number of aliphatic carboxylic acids is 1. The minimum atomic E-state index is -4.96. The molecule has 2 N–H and O–H groups in total. The molecular formula is C7H8F3NO4. The van der Waals surface area contributed by atoms with Gasteiger partial charge in [-0.15, -0.1) is 0 Å². The second-order valence-electron chi connectivity index (χ2n) is 3.06. The lowest BCUT2D eigenvalue weighted by Gasteiger charge is -2.12. The summed E-state index contributed by atoms with van der Waals surface area (Å²) in [4.78, 5) is 20.8. The molecule has 0 bridgehead atoms. The molecular weight excluding hydrogens is 219 g/mol. The summed E-state index contributed by atoms with van der Waals surface area (Å²) in [7, 11) is 0. The minimum absolute atomic E-state index is 0.156. The lowest BCUT2D eigenvalue weighted by molar-refractivity contribution is -0.174. The van der Waals surface area contributed by atoms with E-state index in [4.69, 9.17) is 5.11 Å². The van der Waals surface area contributed by atoms with Crippen LogP contribution in [0.3, 0.4) is 0 Å². The van der Waals surface area contributed by atoms with E-state index in [0.29, 0.717) is 0 Å². The normalized spacial score (nSPS) is 26.3. The van der Waals surface area contributed by atoms with Crippen molar-refractivity contribution in [3.05, 3.63) is 0 Å². The molecule has 0 aromatic carbocycles. The maximum absolute atomic E-state index is 11.8. The van der Waals surface area contributed by atoms with E-state index in [1.54, 1.807) is 5.32 Å². The highest BCUT2D eigenvalue weighted by Gasteiger charge is 2.41. The van der Waals surface area contributed by atoms with E-state index in [0.717, 1.165) is 0 Å². The van der Waals surface area contributed by atoms with Crippen LogP contribution >= 0.6 is 0 Å². The maximum atomic E-state index is 11.8. The Labute approximate surface area is 82.2 Å². The fraction of sp³-hybridized carbons (Fsp3) is 0.714. The summed E-state index contributed by atoms with van der Waals surface area (Å²) in [6.45, 7) is -0.223. The van der Waals surface area contributed by atoms with E-state index in [1.807, 2.05) is 0 Å². The Morgan fingerprint density at radius 3 is 2.40 bits per heavy atom. The van der Waals surface area contributed by atoms with Crippen molar-refractivity contribution in [2.24, 2.45) is 0 Å². The molecule has 1 fully saturated rings. The molecule has 0 unspecified atom stereocenters. The minimum Gasteiger partial charge on any atom is -0.479 e. The van der Waals surface area contributed by atoms with Crippen molar-refractivity contribution in [2.75, 3.05) is 6.61 Å². The van der Waals surface area contributed by atoms with Crippen LogP contribution < -0.4 is 5.32 Å². The molecule has 15 heavy (non-hydrogen) atoms. The van der Waals surface area contributed by atoms with Crippen molar-refractivity contribution in [1.82, 2.24) is 5.32 Å². The van der Waals surface area contributed by atoms with Gasteiger partial charge in [-0.05, 0) is 0 Å². The lowest BCUT2D eigenvalue weighted by Crippen LogP contribution is -2.43. The molecule has 0 saturated carbocycles. The number of ether oxygens (including phenoxy) is 1. The maximum Gasteiger partial charge on any atom is 0.471 e. The number of carbonyl (C=O) groups excluding carboxylic acids is 1. The zero-order valence-corrected chi connectivity index (χ0v) is 7.37. The van der Waals surface area contributed by atoms with Gasteiger partial charge in [-0.25, -0.2) is 4.79 Å². The highest BCUT2D eigenvalue weighted by atomic mass is 19.4. The number of alkyl halides is 3. The van der Waals surface area contributed by atoms with E-state index in [1.165, 1.54) is 0 Å². The van der Waals surface area contributed by atoms with Crippen molar-refractivity contribution < 1.29 is 32.6 Å². The SMILES string of the molecule is O=C(O)[C@H]1C[C@@H](NC(=O)C(F)(F)F)CO1. The zero-order valence-electron chi connectivity index (χ0n) is 7.37. The van der Waals surface area contributed by atoms with Crippen LogP contribution in [0.4, 0.5) is 13.2 Å². The van der Waals surface area contributed by atoms with E-state index >= 15 is 0 Å². The number of carboxylic acids is 1. The van der Waals surface area contributed by atoms with Gasteiger partial charge in [-0.1, -0.05) is 0 Å². The quantitative estimate of drug-likeness (QED) is 0.691. The van der Waals surface area contributed by atoms with Gasteiger partial charge in [-0.2, -0.15) is 13.2 Å². The lowest BCUT2D eigenvalue weighted by atomic mass is 10.2. The van der Waals surface area contributed by atoms with Crippen LogP contribution in [0, 0.1) is 0 Å². The number of nitrogens with one attached hydrogen (secondary N) is 1. The number of carboxylic acid groups (broad SMARTS) is 1. The third-order valence-corrected chi connectivity index (χ3v) is 1.87. The summed E-state index contributed by atoms with van der Waals surface area (Å²) < 4.78 is 40.0. The predicted molar refractivity (Wildman–Crippen MR) is 40.0 cm³/mol. The van der Waals surface area contributed by atoms with Gasteiger partial charge in [0.15, 0.2) is 6.10 Å². The van der Waals surface area contributed by atoms with Crippen LogP contribution in [-0.2, 0) is 14.3 Å². The molecule has 1 amide bonds.